The SMILES string of the molecule is O=CC=O.c1ccc2[nH]ccc2c1. The van der Waals surface area contributed by atoms with Crippen molar-refractivity contribution in [3.63, 3.8) is 0 Å². The van der Waals surface area contributed by atoms with Crippen molar-refractivity contribution in [2.75, 3.05) is 0 Å². The van der Waals surface area contributed by atoms with Crippen molar-refractivity contribution < 1.29 is 9.59 Å². The maximum atomic E-state index is 8.81. The number of carbonyl (C=O) groups is 2. The molecule has 0 radical (unpaired) electrons. The molecular formula is C10H9NO2. The number of hydrogen-bond donors (Lipinski definition) is 1. The molecule has 0 aliphatic carbocycles. The van der Waals surface area contributed by atoms with Crippen LogP contribution in [0.2, 0.25) is 0 Å². The van der Waals surface area contributed by atoms with Crippen LogP contribution in [0.5, 0.6) is 0 Å². The Morgan fingerprint density at radius 2 is 1.69 bits per heavy atom. The summed E-state index contributed by atoms with van der Waals surface area (Å²) in [6.45, 7) is 0. The Morgan fingerprint density at radius 1 is 1.00 bits per heavy atom. The van der Waals surface area contributed by atoms with E-state index in [0.717, 1.165) is 0 Å². The molecule has 0 saturated carbocycles. The molecule has 0 aliphatic heterocycles. The van der Waals surface area contributed by atoms with E-state index in [1.54, 1.807) is 0 Å². The largest absolute Gasteiger partial charge is 0.361 e. The van der Waals surface area contributed by atoms with Crippen LogP contribution in [-0.2, 0) is 9.59 Å². The summed E-state index contributed by atoms with van der Waals surface area (Å²) in [6.07, 6.45) is 2.34. The summed E-state index contributed by atoms with van der Waals surface area (Å²) >= 11 is 0. The van der Waals surface area contributed by atoms with Crippen molar-refractivity contribution in [3.8, 4) is 0 Å². The topological polar surface area (TPSA) is 49.9 Å². The minimum Gasteiger partial charge on any atom is -0.361 e. The van der Waals surface area contributed by atoms with Crippen LogP contribution in [-0.4, -0.2) is 17.6 Å². The lowest BCUT2D eigenvalue weighted by atomic mass is 10.3. The highest BCUT2D eigenvalue weighted by Gasteiger charge is 1.86. The fourth-order valence-electron chi connectivity index (χ4n) is 0.995. The van der Waals surface area contributed by atoms with E-state index in [1.807, 2.05) is 18.3 Å². The lowest BCUT2D eigenvalue weighted by Crippen LogP contribution is -1.62. The fourth-order valence-corrected chi connectivity index (χ4v) is 0.995. The second-order valence-corrected chi connectivity index (χ2v) is 2.34. The molecule has 0 spiro atoms. The van der Waals surface area contributed by atoms with E-state index in [1.165, 1.54) is 10.9 Å². The Kier molecular flexibility index (Phi) is 3.45. The van der Waals surface area contributed by atoms with Gasteiger partial charge in [0.25, 0.3) is 0 Å². The average molecular weight is 175 g/mol. The summed E-state index contributed by atoms with van der Waals surface area (Å²) in [4.78, 5) is 20.7. The van der Waals surface area contributed by atoms with Gasteiger partial charge in [0, 0.05) is 11.7 Å². The van der Waals surface area contributed by atoms with Crippen LogP contribution < -0.4 is 0 Å². The summed E-state index contributed by atoms with van der Waals surface area (Å²) in [5.41, 5.74) is 1.21. The van der Waals surface area contributed by atoms with Gasteiger partial charge >= 0.3 is 0 Å². The first-order chi connectivity index (χ1) is 6.38. The second kappa shape index (κ2) is 4.87. The average Bonchev–Trinajstić information content (AvgIpc) is 2.66. The zero-order valence-corrected chi connectivity index (χ0v) is 6.94. The van der Waals surface area contributed by atoms with Gasteiger partial charge in [0.1, 0.15) is 0 Å². The number of nitrogens with one attached hydrogen (secondary N) is 1. The van der Waals surface area contributed by atoms with Crippen LogP contribution in [0.4, 0.5) is 0 Å². The molecule has 13 heavy (non-hydrogen) atoms. The number of H-pyrrole nitrogens is 1. The number of hydrogen-bond acceptors (Lipinski definition) is 2. The highest BCUT2D eigenvalue weighted by molar-refractivity contribution is 6.09. The lowest BCUT2D eigenvalue weighted by Gasteiger charge is -1.83. The normalized spacial score (nSPS) is 8.62. The zero-order chi connectivity index (χ0) is 9.52. The first-order valence-corrected chi connectivity index (χ1v) is 3.79. The molecule has 0 aliphatic rings. The summed E-state index contributed by atoms with van der Waals surface area (Å²) in [5.74, 6) is 0. The van der Waals surface area contributed by atoms with Crippen LogP contribution >= 0.6 is 0 Å². The van der Waals surface area contributed by atoms with Crippen molar-refractivity contribution >= 4 is 23.5 Å². The van der Waals surface area contributed by atoms with Gasteiger partial charge in [0.15, 0.2) is 12.6 Å². The van der Waals surface area contributed by atoms with E-state index in [0.29, 0.717) is 0 Å². The Morgan fingerprint density at radius 3 is 2.31 bits per heavy atom. The number of fused-ring (bicyclic) bond motifs is 1. The predicted octanol–water partition coefficient (Wildman–Crippen LogP) is 1.55. The molecular weight excluding hydrogens is 166 g/mol. The lowest BCUT2D eigenvalue weighted by molar-refractivity contribution is -0.122. The maximum Gasteiger partial charge on any atom is 0.182 e. The molecule has 1 heterocycles. The number of aromatic nitrogens is 1. The Balaban J connectivity index is 0.000000184. The van der Waals surface area contributed by atoms with Gasteiger partial charge < -0.3 is 4.98 Å². The van der Waals surface area contributed by atoms with Gasteiger partial charge in [-0.3, -0.25) is 9.59 Å². The van der Waals surface area contributed by atoms with E-state index >= 15 is 0 Å². The number of carbonyl (C=O) groups excluding carboxylic acids is 2. The summed E-state index contributed by atoms with van der Waals surface area (Å²) in [5, 5.41) is 1.28. The fraction of sp³-hybridized carbons (Fsp3) is 0. The smallest absolute Gasteiger partial charge is 0.182 e. The Bertz CT molecular complexity index is 356. The third-order valence-electron chi connectivity index (χ3n) is 1.52. The predicted molar refractivity (Wildman–Crippen MR) is 50.4 cm³/mol. The minimum atomic E-state index is 0.194. The molecule has 1 N–H and O–H groups in total. The molecule has 0 atom stereocenters. The third-order valence-corrected chi connectivity index (χ3v) is 1.52. The molecule has 0 amide bonds. The van der Waals surface area contributed by atoms with Crippen LogP contribution in [0.25, 0.3) is 10.9 Å². The van der Waals surface area contributed by atoms with Crippen molar-refractivity contribution in [1.82, 2.24) is 4.98 Å². The van der Waals surface area contributed by atoms with Crippen LogP contribution in [0.15, 0.2) is 36.5 Å². The van der Waals surface area contributed by atoms with Gasteiger partial charge in [-0.25, -0.2) is 0 Å². The van der Waals surface area contributed by atoms with E-state index in [2.05, 4.69) is 23.2 Å². The van der Waals surface area contributed by atoms with E-state index < -0.39 is 0 Å². The molecule has 3 heteroatoms. The van der Waals surface area contributed by atoms with Crippen LogP contribution in [0, 0.1) is 0 Å². The maximum absolute atomic E-state index is 8.81. The number of para-hydroxylation sites is 1. The van der Waals surface area contributed by atoms with Gasteiger partial charge in [-0.2, -0.15) is 0 Å². The van der Waals surface area contributed by atoms with E-state index in [-0.39, 0.29) is 12.6 Å². The standard InChI is InChI=1S/C8H7N.C2H2O2/c1-2-4-8-7(3-1)5-6-9-8;3-1-2-4/h1-6,9H;1-2H. The molecule has 2 aromatic rings. The number of aldehydes is 2. The van der Waals surface area contributed by atoms with E-state index in [4.69, 9.17) is 9.59 Å². The van der Waals surface area contributed by atoms with Crippen molar-refractivity contribution in [3.05, 3.63) is 36.5 Å². The van der Waals surface area contributed by atoms with Gasteiger partial charge in [-0.15, -0.1) is 0 Å². The van der Waals surface area contributed by atoms with E-state index in [9.17, 15) is 0 Å². The molecule has 0 unspecified atom stereocenters. The first kappa shape index (κ1) is 9.19. The van der Waals surface area contributed by atoms with Gasteiger partial charge in [-0.1, -0.05) is 18.2 Å². The van der Waals surface area contributed by atoms with Gasteiger partial charge in [0.05, 0.1) is 0 Å². The number of rotatable bonds is 1. The summed E-state index contributed by atoms with van der Waals surface area (Å²) in [7, 11) is 0. The summed E-state index contributed by atoms with van der Waals surface area (Å²) in [6, 6.07) is 10.3. The number of benzene rings is 1. The quantitative estimate of drug-likeness (QED) is 0.528. The third kappa shape index (κ3) is 2.56. The number of aromatic amines is 1. The molecule has 1 aromatic carbocycles. The minimum absolute atomic E-state index is 0.194. The van der Waals surface area contributed by atoms with Crippen LogP contribution in [0.3, 0.4) is 0 Å². The molecule has 66 valence electrons. The molecule has 2 rings (SSSR count). The molecule has 0 fully saturated rings. The summed E-state index contributed by atoms with van der Waals surface area (Å²) < 4.78 is 0. The van der Waals surface area contributed by atoms with Crippen LogP contribution in [0.1, 0.15) is 0 Å². The molecule has 0 bridgehead atoms. The van der Waals surface area contributed by atoms with Gasteiger partial charge in [-0.05, 0) is 17.5 Å². The monoisotopic (exact) mass is 175 g/mol. The highest BCUT2D eigenvalue weighted by atomic mass is 16.2. The zero-order valence-electron chi connectivity index (χ0n) is 6.94. The van der Waals surface area contributed by atoms with Crippen molar-refractivity contribution in [1.29, 1.82) is 0 Å². The molecule has 1 aromatic heterocycles. The second-order valence-electron chi connectivity index (χ2n) is 2.34. The van der Waals surface area contributed by atoms with Crippen molar-refractivity contribution in [2.45, 2.75) is 0 Å². The highest BCUT2D eigenvalue weighted by Crippen LogP contribution is 2.09. The Labute approximate surface area is 75.4 Å². The molecule has 3 nitrogen and oxygen atoms in total. The molecule has 0 saturated heterocycles. The van der Waals surface area contributed by atoms with Gasteiger partial charge in [0.2, 0.25) is 0 Å². The van der Waals surface area contributed by atoms with Crippen molar-refractivity contribution in [2.24, 2.45) is 0 Å². The first-order valence-electron chi connectivity index (χ1n) is 3.79. The Hall–Kier alpha value is -1.90.